The summed E-state index contributed by atoms with van der Waals surface area (Å²) in [4.78, 5) is 25.9. The van der Waals surface area contributed by atoms with Crippen LogP contribution in [-0.2, 0) is 4.79 Å². The van der Waals surface area contributed by atoms with Gasteiger partial charge in [-0.1, -0.05) is 17.7 Å². The molecule has 1 aliphatic heterocycles. The second kappa shape index (κ2) is 9.97. The summed E-state index contributed by atoms with van der Waals surface area (Å²) in [5.41, 5.74) is 1.80. The number of rotatable bonds is 6. The minimum Gasteiger partial charge on any atom is -0.486 e. The number of thioether (sulfide) groups is 1. The molecule has 0 spiro atoms. The van der Waals surface area contributed by atoms with Crippen molar-refractivity contribution in [3.63, 3.8) is 0 Å². The fraction of sp³-hybridized carbons (Fsp3) is 0.167. The zero-order chi connectivity index (χ0) is 22.5. The molecule has 2 amide bonds. The number of hydrogen-bond acceptors (Lipinski definition) is 5. The molecule has 0 fully saturated rings. The quantitative estimate of drug-likeness (QED) is 0.468. The zero-order valence-electron chi connectivity index (χ0n) is 17.3. The highest BCUT2D eigenvalue weighted by Gasteiger charge is 2.17. The summed E-state index contributed by atoms with van der Waals surface area (Å²) < 4.78 is 11.1. The van der Waals surface area contributed by atoms with Crippen molar-refractivity contribution in [3.05, 3.63) is 77.3 Å². The zero-order valence-corrected chi connectivity index (χ0v) is 18.8. The van der Waals surface area contributed by atoms with Crippen LogP contribution in [0.3, 0.4) is 0 Å². The average molecular weight is 469 g/mol. The fourth-order valence-electron chi connectivity index (χ4n) is 3.07. The minimum atomic E-state index is -0.324. The second-order valence-electron chi connectivity index (χ2n) is 7.10. The number of benzene rings is 3. The van der Waals surface area contributed by atoms with Gasteiger partial charge in [-0.2, -0.15) is 0 Å². The molecule has 1 atom stereocenters. The van der Waals surface area contributed by atoms with Crippen molar-refractivity contribution in [2.75, 3.05) is 23.8 Å². The first kappa shape index (κ1) is 22.0. The molecule has 3 aromatic carbocycles. The molecule has 0 bridgehead atoms. The molecule has 2 N–H and O–H groups in total. The van der Waals surface area contributed by atoms with Crippen LogP contribution in [0.1, 0.15) is 17.3 Å². The normalized spacial score (nSPS) is 13.2. The first-order valence-electron chi connectivity index (χ1n) is 10.0. The highest BCUT2D eigenvalue weighted by Crippen LogP contribution is 2.33. The van der Waals surface area contributed by atoms with E-state index in [4.69, 9.17) is 21.1 Å². The van der Waals surface area contributed by atoms with Gasteiger partial charge in [0.15, 0.2) is 11.5 Å². The van der Waals surface area contributed by atoms with Crippen molar-refractivity contribution in [2.24, 2.45) is 0 Å². The van der Waals surface area contributed by atoms with Crippen LogP contribution in [0, 0.1) is 0 Å². The number of fused-ring (bicyclic) bond motifs is 1. The van der Waals surface area contributed by atoms with Gasteiger partial charge in [0.2, 0.25) is 5.91 Å². The number of anilines is 2. The molecule has 0 aliphatic carbocycles. The lowest BCUT2D eigenvalue weighted by molar-refractivity contribution is -0.115. The van der Waals surface area contributed by atoms with E-state index in [9.17, 15) is 9.59 Å². The van der Waals surface area contributed by atoms with E-state index in [0.717, 1.165) is 4.90 Å². The number of amides is 2. The molecule has 0 saturated carbocycles. The summed E-state index contributed by atoms with van der Waals surface area (Å²) in [7, 11) is 0. The minimum absolute atomic E-state index is 0.120. The van der Waals surface area contributed by atoms with Crippen molar-refractivity contribution < 1.29 is 19.1 Å². The Hall–Kier alpha value is -3.16. The van der Waals surface area contributed by atoms with E-state index >= 15 is 0 Å². The van der Waals surface area contributed by atoms with Crippen molar-refractivity contribution in [1.29, 1.82) is 0 Å². The fourth-order valence-corrected chi connectivity index (χ4v) is 4.13. The maximum Gasteiger partial charge on any atom is 0.255 e. The maximum absolute atomic E-state index is 12.6. The van der Waals surface area contributed by atoms with Crippen LogP contribution < -0.4 is 20.1 Å². The van der Waals surface area contributed by atoms with Gasteiger partial charge in [-0.25, -0.2) is 0 Å². The van der Waals surface area contributed by atoms with E-state index in [-0.39, 0.29) is 17.1 Å². The van der Waals surface area contributed by atoms with Crippen LogP contribution in [-0.4, -0.2) is 30.3 Å². The van der Waals surface area contributed by atoms with Crippen LogP contribution in [0.2, 0.25) is 5.02 Å². The smallest absolute Gasteiger partial charge is 0.255 e. The first-order chi connectivity index (χ1) is 15.5. The van der Waals surface area contributed by atoms with Crippen LogP contribution in [0.15, 0.2) is 71.6 Å². The SMILES string of the molecule is CC(Sc1ccc(NC(=O)c2cccc(Cl)c2)cc1)C(=O)Nc1ccc2c(c1)OCCO2. The predicted octanol–water partition coefficient (Wildman–Crippen LogP) is 5.48. The van der Waals surface area contributed by atoms with E-state index in [0.29, 0.717) is 46.7 Å². The molecular formula is C24H21ClN2O4S. The van der Waals surface area contributed by atoms with E-state index in [1.54, 1.807) is 54.6 Å². The van der Waals surface area contributed by atoms with Crippen LogP contribution >= 0.6 is 23.4 Å². The van der Waals surface area contributed by atoms with Gasteiger partial charge in [-0.05, 0) is 61.5 Å². The molecule has 3 aromatic rings. The molecule has 0 saturated heterocycles. The topological polar surface area (TPSA) is 76.7 Å². The molecule has 6 nitrogen and oxygen atoms in total. The van der Waals surface area contributed by atoms with Crippen LogP contribution in [0.5, 0.6) is 11.5 Å². The van der Waals surface area contributed by atoms with E-state index < -0.39 is 0 Å². The van der Waals surface area contributed by atoms with Crippen molar-refractivity contribution in [2.45, 2.75) is 17.1 Å². The van der Waals surface area contributed by atoms with E-state index in [1.807, 2.05) is 19.1 Å². The molecule has 32 heavy (non-hydrogen) atoms. The van der Waals surface area contributed by atoms with Gasteiger partial charge >= 0.3 is 0 Å². The van der Waals surface area contributed by atoms with Gasteiger partial charge in [0, 0.05) is 32.9 Å². The number of halogens is 1. The Morgan fingerprint density at radius 3 is 2.38 bits per heavy atom. The Balaban J connectivity index is 1.32. The molecule has 4 rings (SSSR count). The number of hydrogen-bond donors (Lipinski definition) is 2. The summed E-state index contributed by atoms with van der Waals surface area (Å²) in [6.07, 6.45) is 0. The molecule has 0 radical (unpaired) electrons. The number of carbonyl (C=O) groups is 2. The number of ether oxygens (including phenoxy) is 2. The summed E-state index contributed by atoms with van der Waals surface area (Å²) in [6.45, 7) is 2.86. The second-order valence-corrected chi connectivity index (χ2v) is 8.95. The van der Waals surface area contributed by atoms with E-state index in [2.05, 4.69) is 10.6 Å². The van der Waals surface area contributed by atoms with Gasteiger partial charge in [0.25, 0.3) is 5.91 Å². The third-order valence-corrected chi connectivity index (χ3v) is 6.04. The molecule has 1 heterocycles. The summed E-state index contributed by atoms with van der Waals surface area (Å²) >= 11 is 7.37. The van der Waals surface area contributed by atoms with Crippen molar-refractivity contribution in [3.8, 4) is 11.5 Å². The summed E-state index contributed by atoms with van der Waals surface area (Å²) in [5, 5.41) is 5.93. The predicted molar refractivity (Wildman–Crippen MR) is 127 cm³/mol. The molecule has 1 unspecified atom stereocenters. The monoisotopic (exact) mass is 468 g/mol. The largest absolute Gasteiger partial charge is 0.486 e. The molecular weight excluding hydrogens is 448 g/mol. The Morgan fingerprint density at radius 2 is 1.62 bits per heavy atom. The Labute approximate surface area is 195 Å². The average Bonchev–Trinajstić information content (AvgIpc) is 2.80. The van der Waals surface area contributed by atoms with Crippen LogP contribution in [0.25, 0.3) is 0 Å². The van der Waals surface area contributed by atoms with Gasteiger partial charge in [-0.15, -0.1) is 11.8 Å². The van der Waals surface area contributed by atoms with Gasteiger partial charge < -0.3 is 20.1 Å². The highest BCUT2D eigenvalue weighted by molar-refractivity contribution is 8.00. The number of nitrogens with one attached hydrogen (secondary N) is 2. The summed E-state index contributed by atoms with van der Waals surface area (Å²) in [5.74, 6) is 0.953. The van der Waals surface area contributed by atoms with Gasteiger partial charge in [0.05, 0.1) is 5.25 Å². The molecule has 1 aliphatic rings. The third-order valence-electron chi connectivity index (χ3n) is 4.69. The van der Waals surface area contributed by atoms with Crippen molar-refractivity contribution in [1.82, 2.24) is 0 Å². The maximum atomic E-state index is 12.6. The lowest BCUT2D eigenvalue weighted by atomic mass is 10.2. The van der Waals surface area contributed by atoms with Crippen LogP contribution in [0.4, 0.5) is 11.4 Å². The van der Waals surface area contributed by atoms with Crippen molar-refractivity contribution >= 4 is 46.6 Å². The molecule has 164 valence electrons. The van der Waals surface area contributed by atoms with Gasteiger partial charge in [-0.3, -0.25) is 9.59 Å². The van der Waals surface area contributed by atoms with E-state index in [1.165, 1.54) is 11.8 Å². The third kappa shape index (κ3) is 5.55. The summed E-state index contributed by atoms with van der Waals surface area (Å²) in [6, 6.07) is 19.4. The Bertz CT molecular complexity index is 1140. The molecule has 8 heteroatoms. The standard InChI is InChI=1S/C24H21ClN2O4S/c1-15(23(28)27-19-7-10-21-22(14-19)31-12-11-30-21)32-20-8-5-18(6-9-20)26-24(29)16-3-2-4-17(25)13-16/h2-10,13-15H,11-12H2,1H3,(H,26,29)(H,27,28). The molecule has 0 aromatic heterocycles. The van der Waals surface area contributed by atoms with Gasteiger partial charge in [0.1, 0.15) is 13.2 Å². The number of carbonyl (C=O) groups excluding carboxylic acids is 2. The lowest BCUT2D eigenvalue weighted by Gasteiger charge is -2.19. The Kier molecular flexibility index (Phi) is 6.87. The first-order valence-corrected chi connectivity index (χ1v) is 11.3. The highest BCUT2D eigenvalue weighted by atomic mass is 35.5. The lowest BCUT2D eigenvalue weighted by Crippen LogP contribution is -2.22. The Morgan fingerprint density at radius 1 is 0.906 bits per heavy atom.